The maximum atomic E-state index is 12.7. The summed E-state index contributed by atoms with van der Waals surface area (Å²) in [5.74, 6) is -0.349. The van der Waals surface area contributed by atoms with Gasteiger partial charge in [0.1, 0.15) is 11.6 Å². The molecular weight excluding hydrogens is 193 g/mol. The Bertz CT molecular complexity index is 321. The van der Waals surface area contributed by atoms with Crippen molar-refractivity contribution < 1.29 is 9.18 Å². The standard InChI is InChI=1S/C12H16FNO/c1-3-14-8-12(9(2)15)10-4-6-11(13)7-5-10/h4-7,12,14H,3,8H2,1-2H3. The summed E-state index contributed by atoms with van der Waals surface area (Å²) in [6.07, 6.45) is 0. The highest BCUT2D eigenvalue weighted by molar-refractivity contribution is 5.83. The van der Waals surface area contributed by atoms with Crippen LogP contribution in [0.4, 0.5) is 4.39 Å². The summed E-state index contributed by atoms with van der Waals surface area (Å²) < 4.78 is 12.7. The Balaban J connectivity index is 2.79. The highest BCUT2D eigenvalue weighted by Gasteiger charge is 2.15. The third-order valence-corrected chi connectivity index (χ3v) is 2.36. The molecule has 2 nitrogen and oxygen atoms in total. The first kappa shape index (κ1) is 11.9. The minimum Gasteiger partial charge on any atom is -0.316 e. The van der Waals surface area contributed by atoms with Gasteiger partial charge >= 0.3 is 0 Å². The second-order valence-corrected chi connectivity index (χ2v) is 3.52. The van der Waals surface area contributed by atoms with E-state index < -0.39 is 0 Å². The first-order valence-electron chi connectivity index (χ1n) is 5.11. The predicted octanol–water partition coefficient (Wildman–Crippen LogP) is 2.11. The third kappa shape index (κ3) is 3.44. The van der Waals surface area contributed by atoms with Crippen LogP contribution in [0.1, 0.15) is 25.3 Å². The number of Topliss-reactive ketones (excluding diaryl/α,β-unsaturated/α-hetero) is 1. The summed E-state index contributed by atoms with van der Waals surface area (Å²) >= 11 is 0. The molecule has 0 aliphatic rings. The number of nitrogens with one attached hydrogen (secondary N) is 1. The molecule has 1 unspecified atom stereocenters. The molecule has 1 aromatic carbocycles. The van der Waals surface area contributed by atoms with Gasteiger partial charge in [-0.3, -0.25) is 4.79 Å². The molecular formula is C12H16FNO. The average molecular weight is 209 g/mol. The molecule has 1 N–H and O–H groups in total. The summed E-state index contributed by atoms with van der Waals surface area (Å²) in [5.41, 5.74) is 0.866. The number of rotatable bonds is 5. The molecule has 0 aliphatic heterocycles. The molecule has 0 aliphatic carbocycles. The molecule has 0 saturated carbocycles. The molecule has 0 bridgehead atoms. The van der Waals surface area contributed by atoms with Gasteiger partial charge in [0, 0.05) is 6.54 Å². The minimum atomic E-state index is -0.274. The summed E-state index contributed by atoms with van der Waals surface area (Å²) in [6, 6.07) is 6.10. The minimum absolute atomic E-state index is 0.0996. The van der Waals surface area contributed by atoms with E-state index in [1.807, 2.05) is 6.92 Å². The lowest BCUT2D eigenvalue weighted by molar-refractivity contribution is -0.118. The second kappa shape index (κ2) is 5.61. The van der Waals surface area contributed by atoms with E-state index in [1.54, 1.807) is 19.1 Å². The summed E-state index contributed by atoms with van der Waals surface area (Å²) in [6.45, 7) is 4.98. The number of hydrogen-bond acceptors (Lipinski definition) is 2. The van der Waals surface area contributed by atoms with Gasteiger partial charge in [0.05, 0.1) is 5.92 Å². The summed E-state index contributed by atoms with van der Waals surface area (Å²) in [7, 11) is 0. The maximum Gasteiger partial charge on any atom is 0.138 e. The Morgan fingerprint density at radius 2 is 2.00 bits per heavy atom. The number of benzene rings is 1. The van der Waals surface area contributed by atoms with E-state index in [9.17, 15) is 9.18 Å². The second-order valence-electron chi connectivity index (χ2n) is 3.52. The molecule has 0 spiro atoms. The molecule has 0 aromatic heterocycles. The van der Waals surface area contributed by atoms with E-state index in [-0.39, 0.29) is 17.5 Å². The van der Waals surface area contributed by atoms with Crippen LogP contribution in [0.25, 0.3) is 0 Å². The molecule has 15 heavy (non-hydrogen) atoms. The van der Waals surface area contributed by atoms with Gasteiger partial charge in [0.15, 0.2) is 0 Å². The van der Waals surface area contributed by atoms with Crippen molar-refractivity contribution >= 4 is 5.78 Å². The lowest BCUT2D eigenvalue weighted by Gasteiger charge is -2.14. The zero-order valence-corrected chi connectivity index (χ0v) is 9.09. The molecule has 0 saturated heterocycles. The van der Waals surface area contributed by atoms with E-state index in [4.69, 9.17) is 0 Å². The molecule has 0 radical (unpaired) electrons. The van der Waals surface area contributed by atoms with Crippen LogP contribution in [-0.4, -0.2) is 18.9 Å². The molecule has 82 valence electrons. The van der Waals surface area contributed by atoms with Crippen LogP contribution in [0.3, 0.4) is 0 Å². The Hall–Kier alpha value is -1.22. The Morgan fingerprint density at radius 3 is 2.47 bits per heavy atom. The Kier molecular flexibility index (Phi) is 4.43. The number of carbonyl (C=O) groups is 1. The van der Waals surface area contributed by atoms with Crippen LogP contribution in [0.15, 0.2) is 24.3 Å². The van der Waals surface area contributed by atoms with Crippen molar-refractivity contribution in [3.05, 3.63) is 35.6 Å². The van der Waals surface area contributed by atoms with E-state index in [0.717, 1.165) is 12.1 Å². The van der Waals surface area contributed by atoms with Crippen molar-refractivity contribution in [1.82, 2.24) is 5.32 Å². The lowest BCUT2D eigenvalue weighted by Crippen LogP contribution is -2.25. The third-order valence-electron chi connectivity index (χ3n) is 2.36. The van der Waals surface area contributed by atoms with Crippen LogP contribution in [-0.2, 0) is 4.79 Å². The zero-order valence-electron chi connectivity index (χ0n) is 9.09. The molecule has 0 heterocycles. The maximum absolute atomic E-state index is 12.7. The predicted molar refractivity (Wildman–Crippen MR) is 58.4 cm³/mol. The van der Waals surface area contributed by atoms with Gasteiger partial charge in [-0.25, -0.2) is 4.39 Å². The van der Waals surface area contributed by atoms with Gasteiger partial charge in [-0.05, 0) is 31.2 Å². The van der Waals surface area contributed by atoms with Crippen molar-refractivity contribution in [2.75, 3.05) is 13.1 Å². The fraction of sp³-hybridized carbons (Fsp3) is 0.417. The molecule has 0 amide bonds. The fourth-order valence-corrected chi connectivity index (χ4v) is 1.48. The Labute approximate surface area is 89.5 Å². The van der Waals surface area contributed by atoms with Crippen molar-refractivity contribution in [2.45, 2.75) is 19.8 Å². The lowest BCUT2D eigenvalue weighted by atomic mass is 9.95. The highest BCUT2D eigenvalue weighted by atomic mass is 19.1. The SMILES string of the molecule is CCNCC(C(C)=O)c1ccc(F)cc1. The van der Waals surface area contributed by atoms with Gasteiger partial charge in [-0.15, -0.1) is 0 Å². The largest absolute Gasteiger partial charge is 0.316 e. The first-order chi connectivity index (χ1) is 7.15. The summed E-state index contributed by atoms with van der Waals surface area (Å²) in [4.78, 5) is 11.4. The Morgan fingerprint density at radius 1 is 1.40 bits per heavy atom. The van der Waals surface area contributed by atoms with Crippen LogP contribution in [0.5, 0.6) is 0 Å². The van der Waals surface area contributed by atoms with Crippen LogP contribution < -0.4 is 5.32 Å². The quantitative estimate of drug-likeness (QED) is 0.804. The van der Waals surface area contributed by atoms with Crippen LogP contribution in [0, 0.1) is 5.82 Å². The molecule has 3 heteroatoms. The van der Waals surface area contributed by atoms with Crippen LogP contribution >= 0.6 is 0 Å². The van der Waals surface area contributed by atoms with Crippen molar-refractivity contribution in [2.24, 2.45) is 0 Å². The number of hydrogen-bond donors (Lipinski definition) is 1. The van der Waals surface area contributed by atoms with Gasteiger partial charge in [0.25, 0.3) is 0 Å². The van der Waals surface area contributed by atoms with Gasteiger partial charge < -0.3 is 5.32 Å². The molecule has 1 atom stereocenters. The first-order valence-corrected chi connectivity index (χ1v) is 5.11. The molecule has 0 fully saturated rings. The number of likely N-dealkylation sites (N-methyl/N-ethyl adjacent to an activating group) is 1. The molecule has 1 aromatic rings. The smallest absolute Gasteiger partial charge is 0.138 e. The fourth-order valence-electron chi connectivity index (χ4n) is 1.48. The summed E-state index contributed by atoms with van der Waals surface area (Å²) in [5, 5.41) is 3.13. The van der Waals surface area contributed by atoms with Gasteiger partial charge in [-0.2, -0.15) is 0 Å². The zero-order chi connectivity index (χ0) is 11.3. The monoisotopic (exact) mass is 209 g/mol. The van der Waals surface area contributed by atoms with Crippen LogP contribution in [0.2, 0.25) is 0 Å². The van der Waals surface area contributed by atoms with Crippen molar-refractivity contribution in [3.8, 4) is 0 Å². The average Bonchev–Trinajstić information content (AvgIpc) is 2.21. The number of carbonyl (C=O) groups excluding carboxylic acids is 1. The molecule has 1 rings (SSSR count). The van der Waals surface area contributed by atoms with E-state index >= 15 is 0 Å². The van der Waals surface area contributed by atoms with Crippen molar-refractivity contribution in [3.63, 3.8) is 0 Å². The van der Waals surface area contributed by atoms with Crippen molar-refractivity contribution in [1.29, 1.82) is 0 Å². The number of ketones is 1. The van der Waals surface area contributed by atoms with E-state index in [2.05, 4.69) is 5.32 Å². The number of halogens is 1. The van der Waals surface area contributed by atoms with E-state index in [1.165, 1.54) is 12.1 Å². The normalized spacial score (nSPS) is 12.5. The topological polar surface area (TPSA) is 29.1 Å². The van der Waals surface area contributed by atoms with Gasteiger partial charge in [-0.1, -0.05) is 19.1 Å². The van der Waals surface area contributed by atoms with Gasteiger partial charge in [0.2, 0.25) is 0 Å². The highest BCUT2D eigenvalue weighted by Crippen LogP contribution is 2.16. The van der Waals surface area contributed by atoms with E-state index in [0.29, 0.717) is 6.54 Å².